The van der Waals surface area contributed by atoms with E-state index in [1.807, 2.05) is 0 Å². The molecule has 1 aliphatic carbocycles. The van der Waals surface area contributed by atoms with Gasteiger partial charge < -0.3 is 10.4 Å². The summed E-state index contributed by atoms with van der Waals surface area (Å²) in [5, 5.41) is 12.4. The average Bonchev–Trinajstić information content (AvgIpc) is 2.63. The monoisotopic (exact) mass is 265 g/mol. The molecule has 1 aromatic carbocycles. The molecule has 0 aliphatic heterocycles. The van der Waals surface area contributed by atoms with Crippen LogP contribution in [-0.4, -0.2) is 16.9 Å². The first-order valence-corrected chi connectivity index (χ1v) is 5.89. The van der Waals surface area contributed by atoms with Crippen LogP contribution in [0.5, 0.6) is 0 Å². The predicted molar refractivity (Wildman–Crippen MR) is 69.0 cm³/mol. The van der Waals surface area contributed by atoms with Gasteiger partial charge in [0.1, 0.15) is 0 Å². The lowest BCUT2D eigenvalue weighted by molar-refractivity contribution is -0.114. The first-order valence-electron chi connectivity index (χ1n) is 5.52. The maximum Gasteiger partial charge on any atom is 0.335 e. The van der Waals surface area contributed by atoms with E-state index < -0.39 is 5.97 Å². The van der Waals surface area contributed by atoms with Gasteiger partial charge in [0.05, 0.1) is 16.3 Å². The molecule has 94 valence electrons. The number of aromatic carboxylic acids is 1. The number of nitrogens with one attached hydrogen (secondary N) is 1. The van der Waals surface area contributed by atoms with Crippen molar-refractivity contribution in [3.63, 3.8) is 0 Å². The van der Waals surface area contributed by atoms with E-state index in [0.29, 0.717) is 29.1 Å². The molecule has 2 rings (SSSR count). The van der Waals surface area contributed by atoms with E-state index in [-0.39, 0.29) is 11.3 Å². The largest absolute Gasteiger partial charge is 0.478 e. The first-order chi connectivity index (χ1) is 8.49. The number of hydrogen-bond donors (Lipinski definition) is 2. The van der Waals surface area contributed by atoms with Crippen molar-refractivity contribution < 1.29 is 14.7 Å². The van der Waals surface area contributed by atoms with E-state index in [2.05, 4.69) is 5.32 Å². The van der Waals surface area contributed by atoms with Crippen LogP contribution in [0.25, 0.3) is 0 Å². The Labute approximate surface area is 109 Å². The number of carbonyl (C=O) groups excluding carboxylic acids is 1. The van der Waals surface area contributed by atoms with Gasteiger partial charge >= 0.3 is 5.97 Å². The summed E-state index contributed by atoms with van der Waals surface area (Å²) in [6.07, 6.45) is 1.13. The molecule has 0 radical (unpaired) electrons. The van der Waals surface area contributed by atoms with E-state index in [0.717, 1.165) is 5.70 Å². The Morgan fingerprint density at radius 2 is 2.11 bits per heavy atom. The number of benzene rings is 1. The van der Waals surface area contributed by atoms with Crippen LogP contribution >= 0.6 is 11.6 Å². The third-order valence-corrected chi connectivity index (χ3v) is 3.30. The summed E-state index contributed by atoms with van der Waals surface area (Å²) < 4.78 is 0. The van der Waals surface area contributed by atoms with Crippen molar-refractivity contribution in [3.8, 4) is 0 Å². The zero-order valence-electron chi connectivity index (χ0n) is 9.79. The lowest BCUT2D eigenvalue weighted by Gasteiger charge is -2.10. The van der Waals surface area contributed by atoms with Gasteiger partial charge in [0.15, 0.2) is 5.78 Å². The van der Waals surface area contributed by atoms with Crippen LogP contribution in [0.2, 0.25) is 5.02 Å². The molecule has 0 atom stereocenters. The van der Waals surface area contributed by atoms with E-state index in [1.54, 1.807) is 6.92 Å². The van der Waals surface area contributed by atoms with Crippen molar-refractivity contribution in [2.24, 2.45) is 0 Å². The molecule has 1 aromatic rings. The molecule has 0 unspecified atom stereocenters. The number of halogens is 1. The second-order valence-electron chi connectivity index (χ2n) is 4.15. The van der Waals surface area contributed by atoms with Crippen LogP contribution in [-0.2, 0) is 4.79 Å². The van der Waals surface area contributed by atoms with Gasteiger partial charge in [-0.1, -0.05) is 11.6 Å². The van der Waals surface area contributed by atoms with Gasteiger partial charge in [-0.15, -0.1) is 0 Å². The predicted octanol–water partition coefficient (Wildman–Crippen LogP) is 3.09. The summed E-state index contributed by atoms with van der Waals surface area (Å²) in [6, 6.07) is 4.44. The molecule has 0 saturated carbocycles. The molecule has 0 aromatic heterocycles. The van der Waals surface area contributed by atoms with Crippen LogP contribution in [0.15, 0.2) is 29.5 Å². The molecule has 0 bridgehead atoms. The van der Waals surface area contributed by atoms with Crippen molar-refractivity contribution in [3.05, 3.63) is 40.1 Å². The molecule has 4 nitrogen and oxygen atoms in total. The second-order valence-corrected chi connectivity index (χ2v) is 4.56. The number of allylic oxidation sites excluding steroid dienone is 2. The molecular formula is C13H12ClNO3. The Hall–Kier alpha value is -1.81. The molecule has 1 aliphatic rings. The molecular weight excluding hydrogens is 254 g/mol. The van der Waals surface area contributed by atoms with Gasteiger partial charge in [0.25, 0.3) is 0 Å². The van der Waals surface area contributed by atoms with Crippen molar-refractivity contribution in [1.82, 2.24) is 0 Å². The fourth-order valence-corrected chi connectivity index (χ4v) is 2.02. The second kappa shape index (κ2) is 4.82. The van der Waals surface area contributed by atoms with Gasteiger partial charge in [-0.2, -0.15) is 0 Å². The Morgan fingerprint density at radius 3 is 2.67 bits per heavy atom. The normalized spacial score (nSPS) is 15.1. The highest BCUT2D eigenvalue weighted by molar-refractivity contribution is 6.33. The summed E-state index contributed by atoms with van der Waals surface area (Å²) in [6.45, 7) is 1.76. The average molecular weight is 266 g/mol. The summed E-state index contributed by atoms with van der Waals surface area (Å²) in [5.74, 6) is -0.897. The lowest BCUT2D eigenvalue weighted by atomic mass is 10.2. The van der Waals surface area contributed by atoms with Gasteiger partial charge in [-0.25, -0.2) is 4.79 Å². The smallest absolute Gasteiger partial charge is 0.335 e. The number of rotatable bonds is 3. The number of carboxylic acid groups (broad SMARTS) is 1. The number of carbonyl (C=O) groups is 2. The van der Waals surface area contributed by atoms with Crippen molar-refractivity contribution in [2.75, 3.05) is 5.32 Å². The molecule has 0 saturated heterocycles. The van der Waals surface area contributed by atoms with Gasteiger partial charge in [-0.3, -0.25) is 4.79 Å². The van der Waals surface area contributed by atoms with Crippen LogP contribution in [0, 0.1) is 0 Å². The highest BCUT2D eigenvalue weighted by Gasteiger charge is 2.20. The number of hydrogen-bond acceptors (Lipinski definition) is 3. The Balaban J connectivity index is 2.32. The highest BCUT2D eigenvalue weighted by Crippen LogP contribution is 2.29. The molecule has 2 N–H and O–H groups in total. The highest BCUT2D eigenvalue weighted by atomic mass is 35.5. The van der Waals surface area contributed by atoms with Gasteiger partial charge in [0, 0.05) is 17.7 Å². The third kappa shape index (κ3) is 2.38. The molecule has 0 fully saturated rings. The zero-order valence-corrected chi connectivity index (χ0v) is 10.5. The molecule has 5 heteroatoms. The molecule has 0 spiro atoms. The fourth-order valence-electron chi connectivity index (χ4n) is 1.85. The van der Waals surface area contributed by atoms with Crippen LogP contribution in [0.3, 0.4) is 0 Å². The third-order valence-electron chi connectivity index (χ3n) is 2.97. The number of Topliss-reactive ketones (excluding diaryl/α,β-unsaturated/α-hetero) is 1. The van der Waals surface area contributed by atoms with Crippen LogP contribution < -0.4 is 5.32 Å². The first kappa shape index (κ1) is 12.6. The lowest BCUT2D eigenvalue weighted by Crippen LogP contribution is -2.03. The minimum atomic E-state index is -1.01. The molecule has 18 heavy (non-hydrogen) atoms. The minimum absolute atomic E-state index is 0.114. The topological polar surface area (TPSA) is 66.4 Å². The fraction of sp³-hybridized carbons (Fsp3) is 0.231. The van der Waals surface area contributed by atoms with E-state index in [9.17, 15) is 9.59 Å². The van der Waals surface area contributed by atoms with Crippen molar-refractivity contribution >= 4 is 29.0 Å². The van der Waals surface area contributed by atoms with E-state index in [4.69, 9.17) is 16.7 Å². The van der Waals surface area contributed by atoms with Crippen molar-refractivity contribution in [1.29, 1.82) is 0 Å². The standard InChI is InChI=1S/C13H12ClNO3/c1-7-10(4-5-12(7)16)15-11-6-8(13(17)18)2-3-9(11)14/h2-3,6,15H,4-5H2,1H3,(H,17,18). The van der Waals surface area contributed by atoms with Gasteiger partial charge in [-0.05, 0) is 31.5 Å². The van der Waals surface area contributed by atoms with E-state index >= 15 is 0 Å². The maximum absolute atomic E-state index is 11.4. The molecule has 0 heterocycles. The Bertz CT molecular complexity index is 563. The van der Waals surface area contributed by atoms with Crippen LogP contribution in [0.4, 0.5) is 5.69 Å². The van der Waals surface area contributed by atoms with Crippen molar-refractivity contribution in [2.45, 2.75) is 19.8 Å². The SMILES string of the molecule is CC1=C(Nc2cc(C(=O)O)ccc2Cl)CCC1=O. The summed E-state index contributed by atoms with van der Waals surface area (Å²) in [4.78, 5) is 22.3. The summed E-state index contributed by atoms with van der Waals surface area (Å²) >= 11 is 6.00. The Morgan fingerprint density at radius 1 is 1.39 bits per heavy atom. The number of ketones is 1. The maximum atomic E-state index is 11.4. The Kier molecular flexibility index (Phi) is 3.39. The quantitative estimate of drug-likeness (QED) is 0.881. The summed E-state index contributed by atoms with van der Waals surface area (Å²) in [5.41, 5.74) is 2.17. The van der Waals surface area contributed by atoms with Gasteiger partial charge in [0.2, 0.25) is 0 Å². The van der Waals surface area contributed by atoms with E-state index in [1.165, 1.54) is 18.2 Å². The molecule has 0 amide bonds. The van der Waals surface area contributed by atoms with Crippen LogP contribution in [0.1, 0.15) is 30.1 Å². The zero-order chi connectivity index (χ0) is 13.3. The number of carboxylic acids is 1. The minimum Gasteiger partial charge on any atom is -0.478 e. The summed E-state index contributed by atoms with van der Waals surface area (Å²) in [7, 11) is 0. The number of anilines is 1.